The number of rotatable bonds is 4. The number of alkyl halides is 1. The van der Waals surface area contributed by atoms with E-state index in [-0.39, 0.29) is 5.91 Å². The molecule has 1 heterocycles. The molecular weight excluding hydrogens is 280 g/mol. The van der Waals surface area contributed by atoms with Crippen LogP contribution in [0, 0.1) is 6.92 Å². The molecule has 0 saturated heterocycles. The van der Waals surface area contributed by atoms with Gasteiger partial charge in [0.15, 0.2) is 0 Å². The van der Waals surface area contributed by atoms with E-state index in [1.807, 2.05) is 44.2 Å². The molecule has 1 unspecified atom stereocenters. The average Bonchev–Trinajstić information content (AvgIpc) is 2.86. The van der Waals surface area contributed by atoms with E-state index >= 15 is 0 Å². The number of halogens is 1. The number of thiazole rings is 1. The molecule has 1 aromatic carbocycles. The molecule has 3 nitrogen and oxygen atoms in total. The number of nitrogens with one attached hydrogen (secondary N) is 1. The van der Waals surface area contributed by atoms with Gasteiger partial charge >= 0.3 is 0 Å². The lowest BCUT2D eigenvalue weighted by Crippen LogP contribution is -2.45. The zero-order valence-electron chi connectivity index (χ0n) is 10.8. The second kappa shape index (κ2) is 5.72. The summed E-state index contributed by atoms with van der Waals surface area (Å²) in [5.74, 6) is 0.0997. The van der Waals surface area contributed by atoms with Crippen molar-refractivity contribution < 1.29 is 4.79 Å². The fourth-order valence-electron chi connectivity index (χ4n) is 1.77. The first-order chi connectivity index (χ1) is 9.05. The maximum absolute atomic E-state index is 12.2. The number of amides is 1. The fourth-order valence-corrected chi connectivity index (χ4v) is 2.59. The molecular formula is C14H15ClN2OS. The number of carbonyl (C=O) groups excluding carboxylic acids is 1. The first kappa shape index (κ1) is 14.0. The molecule has 0 fully saturated rings. The maximum Gasteiger partial charge on any atom is 0.271 e. The van der Waals surface area contributed by atoms with Crippen LogP contribution in [0.5, 0.6) is 0 Å². The summed E-state index contributed by atoms with van der Waals surface area (Å²) in [5, 5.41) is 5.59. The minimum atomic E-state index is -0.600. The zero-order chi connectivity index (χ0) is 13.9. The first-order valence-corrected chi connectivity index (χ1v) is 7.33. The summed E-state index contributed by atoms with van der Waals surface area (Å²) in [6, 6.07) is 9.70. The van der Waals surface area contributed by atoms with Crippen molar-refractivity contribution in [3.05, 3.63) is 52.0 Å². The van der Waals surface area contributed by atoms with E-state index < -0.39 is 5.54 Å². The normalized spacial score (nSPS) is 13.8. The second-order valence-corrected chi connectivity index (χ2v) is 5.87. The predicted molar refractivity (Wildman–Crippen MR) is 78.8 cm³/mol. The number of hydrogen-bond acceptors (Lipinski definition) is 3. The molecule has 0 aliphatic heterocycles. The molecule has 1 atom stereocenters. The monoisotopic (exact) mass is 294 g/mol. The minimum absolute atomic E-state index is 0.198. The molecule has 1 N–H and O–H groups in total. The van der Waals surface area contributed by atoms with Gasteiger partial charge in [-0.25, -0.2) is 4.98 Å². The summed E-state index contributed by atoms with van der Waals surface area (Å²) in [4.78, 5) is 16.4. The quantitative estimate of drug-likeness (QED) is 0.879. The van der Waals surface area contributed by atoms with Gasteiger partial charge in [0.2, 0.25) is 0 Å². The molecule has 100 valence electrons. The van der Waals surface area contributed by atoms with E-state index in [0.29, 0.717) is 11.6 Å². The van der Waals surface area contributed by atoms with Crippen molar-refractivity contribution in [3.8, 4) is 0 Å². The van der Waals surface area contributed by atoms with Crippen LogP contribution in [-0.2, 0) is 5.54 Å². The summed E-state index contributed by atoms with van der Waals surface area (Å²) in [5.41, 5.74) is 0.817. The Bertz CT molecular complexity index is 570. The van der Waals surface area contributed by atoms with Gasteiger partial charge in [0.05, 0.1) is 10.5 Å². The van der Waals surface area contributed by atoms with E-state index in [4.69, 9.17) is 11.6 Å². The standard InChI is InChI=1S/C14H15ClN2OS/c1-10-16-12(8-19-10)13(18)17-14(2,9-15)11-6-4-3-5-7-11/h3-8H,9H2,1-2H3,(H,17,18). The molecule has 5 heteroatoms. The zero-order valence-corrected chi connectivity index (χ0v) is 12.4. The Labute approximate surface area is 121 Å². The lowest BCUT2D eigenvalue weighted by molar-refractivity contribution is 0.0908. The Morgan fingerprint density at radius 3 is 2.63 bits per heavy atom. The smallest absolute Gasteiger partial charge is 0.271 e. The molecule has 0 saturated carbocycles. The van der Waals surface area contributed by atoms with E-state index in [1.165, 1.54) is 11.3 Å². The van der Waals surface area contributed by atoms with Crippen LogP contribution in [0.4, 0.5) is 0 Å². The number of benzene rings is 1. The number of aromatic nitrogens is 1. The van der Waals surface area contributed by atoms with Gasteiger partial charge in [0.25, 0.3) is 5.91 Å². The van der Waals surface area contributed by atoms with Crippen LogP contribution in [0.3, 0.4) is 0 Å². The van der Waals surface area contributed by atoms with Gasteiger partial charge in [0, 0.05) is 11.3 Å². The number of hydrogen-bond donors (Lipinski definition) is 1. The van der Waals surface area contributed by atoms with Crippen LogP contribution in [-0.4, -0.2) is 16.8 Å². The second-order valence-electron chi connectivity index (χ2n) is 4.54. The van der Waals surface area contributed by atoms with Crippen molar-refractivity contribution in [3.63, 3.8) is 0 Å². The van der Waals surface area contributed by atoms with Gasteiger partial charge in [-0.1, -0.05) is 30.3 Å². The lowest BCUT2D eigenvalue weighted by Gasteiger charge is -2.28. The van der Waals surface area contributed by atoms with Crippen LogP contribution in [0.1, 0.15) is 28.0 Å². The first-order valence-electron chi connectivity index (χ1n) is 5.91. The third kappa shape index (κ3) is 3.14. The summed E-state index contributed by atoms with van der Waals surface area (Å²) < 4.78 is 0. The minimum Gasteiger partial charge on any atom is -0.340 e. The number of aryl methyl sites for hydroxylation is 1. The Hall–Kier alpha value is -1.39. The highest BCUT2D eigenvalue weighted by Crippen LogP contribution is 2.23. The Morgan fingerprint density at radius 2 is 2.11 bits per heavy atom. The summed E-state index contributed by atoms with van der Waals surface area (Å²) >= 11 is 7.50. The summed E-state index contributed by atoms with van der Waals surface area (Å²) in [6.07, 6.45) is 0. The van der Waals surface area contributed by atoms with Crippen LogP contribution in [0.25, 0.3) is 0 Å². The molecule has 0 aliphatic rings. The SMILES string of the molecule is Cc1nc(C(=O)NC(C)(CCl)c2ccccc2)cs1. The van der Waals surface area contributed by atoms with Crippen molar-refractivity contribution in [2.24, 2.45) is 0 Å². The Kier molecular flexibility index (Phi) is 4.22. The maximum atomic E-state index is 12.2. The topological polar surface area (TPSA) is 42.0 Å². The van der Waals surface area contributed by atoms with E-state index in [2.05, 4.69) is 10.3 Å². The van der Waals surface area contributed by atoms with E-state index in [1.54, 1.807) is 5.38 Å². The third-order valence-corrected chi connectivity index (χ3v) is 4.23. The Morgan fingerprint density at radius 1 is 1.42 bits per heavy atom. The average molecular weight is 295 g/mol. The number of nitrogens with zero attached hydrogens (tertiary/aromatic N) is 1. The van der Waals surface area contributed by atoms with Crippen LogP contribution >= 0.6 is 22.9 Å². The van der Waals surface area contributed by atoms with Crippen LogP contribution in [0.2, 0.25) is 0 Å². The molecule has 19 heavy (non-hydrogen) atoms. The molecule has 0 bridgehead atoms. The van der Waals surface area contributed by atoms with Crippen molar-refractivity contribution in [1.82, 2.24) is 10.3 Å². The van der Waals surface area contributed by atoms with Gasteiger partial charge in [-0.15, -0.1) is 22.9 Å². The molecule has 0 aliphatic carbocycles. The van der Waals surface area contributed by atoms with Crippen LogP contribution in [0.15, 0.2) is 35.7 Å². The van der Waals surface area contributed by atoms with E-state index in [9.17, 15) is 4.79 Å². The van der Waals surface area contributed by atoms with Crippen molar-refractivity contribution >= 4 is 28.8 Å². The van der Waals surface area contributed by atoms with Crippen molar-refractivity contribution in [2.45, 2.75) is 19.4 Å². The highest BCUT2D eigenvalue weighted by Gasteiger charge is 2.28. The van der Waals surface area contributed by atoms with Crippen molar-refractivity contribution in [2.75, 3.05) is 5.88 Å². The summed E-state index contributed by atoms with van der Waals surface area (Å²) in [6.45, 7) is 3.78. The highest BCUT2D eigenvalue weighted by molar-refractivity contribution is 7.09. The number of carbonyl (C=O) groups is 1. The van der Waals surface area contributed by atoms with Gasteiger partial charge in [-0.2, -0.15) is 0 Å². The molecule has 1 aromatic heterocycles. The predicted octanol–water partition coefficient (Wildman–Crippen LogP) is 3.34. The van der Waals surface area contributed by atoms with Gasteiger partial charge in [0.1, 0.15) is 5.69 Å². The molecule has 1 amide bonds. The Balaban J connectivity index is 2.22. The summed E-state index contributed by atoms with van der Waals surface area (Å²) in [7, 11) is 0. The van der Waals surface area contributed by atoms with E-state index in [0.717, 1.165) is 10.6 Å². The van der Waals surface area contributed by atoms with Gasteiger partial charge < -0.3 is 5.32 Å². The lowest BCUT2D eigenvalue weighted by atomic mass is 9.94. The molecule has 2 rings (SSSR count). The van der Waals surface area contributed by atoms with Gasteiger partial charge in [-0.3, -0.25) is 4.79 Å². The fraction of sp³-hybridized carbons (Fsp3) is 0.286. The largest absolute Gasteiger partial charge is 0.340 e. The highest BCUT2D eigenvalue weighted by atomic mass is 35.5. The van der Waals surface area contributed by atoms with Crippen LogP contribution < -0.4 is 5.32 Å². The molecule has 0 radical (unpaired) electrons. The van der Waals surface area contributed by atoms with Gasteiger partial charge in [-0.05, 0) is 19.4 Å². The van der Waals surface area contributed by atoms with Crippen molar-refractivity contribution in [1.29, 1.82) is 0 Å². The third-order valence-electron chi connectivity index (χ3n) is 2.92. The molecule has 0 spiro atoms. The molecule has 2 aromatic rings.